The van der Waals surface area contributed by atoms with Crippen molar-refractivity contribution in [2.75, 3.05) is 13.1 Å². The van der Waals surface area contributed by atoms with E-state index in [2.05, 4.69) is 59.2 Å². The van der Waals surface area contributed by atoms with Gasteiger partial charge < -0.3 is 16.1 Å². The van der Waals surface area contributed by atoms with Crippen molar-refractivity contribution in [1.29, 1.82) is 0 Å². The van der Waals surface area contributed by atoms with Crippen molar-refractivity contribution in [2.24, 2.45) is 11.8 Å². The Morgan fingerprint density at radius 3 is 1.51 bits per heavy atom. The molecule has 6 aliphatic rings. The van der Waals surface area contributed by atoms with Crippen LogP contribution in [0.25, 0.3) is 0 Å². The van der Waals surface area contributed by atoms with Crippen LogP contribution in [-0.4, -0.2) is 30.6 Å². The van der Waals surface area contributed by atoms with Crippen LogP contribution in [0.5, 0.6) is 0 Å². The van der Waals surface area contributed by atoms with Crippen LogP contribution in [0, 0.1) is 11.8 Å². The summed E-state index contributed by atoms with van der Waals surface area (Å²) in [5, 5.41) is 7.57. The molecule has 2 aromatic rings. The second-order valence-electron chi connectivity index (χ2n) is 12.4. The Morgan fingerprint density at radius 1 is 0.571 bits per heavy atom. The molecule has 2 saturated heterocycles. The number of benzene rings is 2. The fourth-order valence-corrected chi connectivity index (χ4v) is 9.78. The zero-order chi connectivity index (χ0) is 22.6. The van der Waals surface area contributed by atoms with Crippen LogP contribution in [-0.2, 0) is 23.7 Å². The van der Waals surface area contributed by atoms with E-state index < -0.39 is 0 Å². The zero-order valence-corrected chi connectivity index (χ0v) is 21.3. The fourth-order valence-electron chi connectivity index (χ4n) is 9.78. The van der Waals surface area contributed by atoms with E-state index in [-0.39, 0.29) is 5.48 Å². The maximum atomic E-state index is 3.79. The quantitative estimate of drug-likeness (QED) is 0.551. The van der Waals surface area contributed by atoms with Crippen molar-refractivity contribution in [3.63, 3.8) is 0 Å². The lowest BCUT2D eigenvalue weighted by molar-refractivity contribution is 0.0797. The molecular weight excluding hydrogens is 428 g/mol. The van der Waals surface area contributed by atoms with Gasteiger partial charge in [-0.15, -0.1) is 0 Å². The Kier molecular flexibility index (Phi) is 6.31. The normalized spacial score (nSPS) is 38.2. The van der Waals surface area contributed by atoms with Gasteiger partial charge in [0.15, 0.2) is 0 Å². The molecular formula is C32H44N2O. The Morgan fingerprint density at radius 2 is 1.03 bits per heavy atom. The molecule has 6 atom stereocenters. The first-order valence-electron chi connectivity index (χ1n) is 14.4. The van der Waals surface area contributed by atoms with Crippen molar-refractivity contribution in [3.05, 3.63) is 70.8 Å². The van der Waals surface area contributed by atoms with E-state index in [0.717, 1.165) is 23.9 Å². The summed E-state index contributed by atoms with van der Waals surface area (Å²) in [5.41, 5.74) is 7.77. The van der Waals surface area contributed by atoms with E-state index in [0.29, 0.717) is 10.8 Å². The second kappa shape index (κ2) is 9.32. The molecule has 8 rings (SSSR count). The van der Waals surface area contributed by atoms with Crippen LogP contribution in [0.15, 0.2) is 48.5 Å². The van der Waals surface area contributed by atoms with Crippen LogP contribution < -0.4 is 10.6 Å². The number of hydrogen-bond donors (Lipinski definition) is 2. The maximum Gasteiger partial charge on any atom is 0.0144 e. The molecule has 0 radical (unpaired) electrons. The van der Waals surface area contributed by atoms with Gasteiger partial charge in [0, 0.05) is 22.9 Å². The van der Waals surface area contributed by atoms with E-state index in [1.807, 2.05) is 0 Å². The van der Waals surface area contributed by atoms with E-state index in [4.69, 9.17) is 0 Å². The summed E-state index contributed by atoms with van der Waals surface area (Å²) in [5.74, 6) is 1.83. The molecule has 4 fully saturated rings. The average molecular weight is 473 g/mol. The highest BCUT2D eigenvalue weighted by atomic mass is 16.0. The minimum atomic E-state index is 0. The first-order chi connectivity index (χ1) is 16.8. The molecule has 2 heterocycles. The number of piperidine rings is 2. The van der Waals surface area contributed by atoms with Crippen LogP contribution >= 0.6 is 0 Å². The minimum Gasteiger partial charge on any atom is -0.412 e. The van der Waals surface area contributed by atoms with E-state index in [1.165, 1.54) is 90.1 Å². The smallest absolute Gasteiger partial charge is 0.0144 e. The Hall–Kier alpha value is -1.68. The first-order valence-corrected chi connectivity index (χ1v) is 14.4. The topological polar surface area (TPSA) is 55.6 Å². The summed E-state index contributed by atoms with van der Waals surface area (Å²) in [4.78, 5) is 0. The Bertz CT molecular complexity index is 960. The molecule has 188 valence electrons. The summed E-state index contributed by atoms with van der Waals surface area (Å²) in [6, 6.07) is 20.0. The van der Waals surface area contributed by atoms with Crippen molar-refractivity contribution >= 4 is 0 Å². The lowest BCUT2D eigenvalue weighted by atomic mass is 9.53. The number of nitrogens with one attached hydrogen (secondary N) is 2. The van der Waals surface area contributed by atoms with E-state index in [9.17, 15) is 0 Å². The highest BCUT2D eigenvalue weighted by Gasteiger charge is 2.52. The van der Waals surface area contributed by atoms with Crippen molar-refractivity contribution in [2.45, 2.75) is 100.0 Å². The van der Waals surface area contributed by atoms with Crippen LogP contribution in [0.2, 0.25) is 0 Å². The van der Waals surface area contributed by atoms with Gasteiger partial charge >= 0.3 is 0 Å². The van der Waals surface area contributed by atoms with Gasteiger partial charge in [-0.2, -0.15) is 0 Å². The fraction of sp³-hybridized carbons (Fsp3) is 0.625. The van der Waals surface area contributed by atoms with Gasteiger partial charge in [0.1, 0.15) is 0 Å². The van der Waals surface area contributed by atoms with Crippen molar-refractivity contribution in [3.8, 4) is 0 Å². The molecule has 0 spiro atoms. The van der Waals surface area contributed by atoms with Gasteiger partial charge in [0.25, 0.3) is 0 Å². The van der Waals surface area contributed by atoms with Gasteiger partial charge in [-0.3, -0.25) is 0 Å². The number of hydrogen-bond acceptors (Lipinski definition) is 2. The predicted octanol–water partition coefficient (Wildman–Crippen LogP) is 5.24. The largest absolute Gasteiger partial charge is 0.412 e. The Labute approximate surface area is 211 Å². The molecule has 3 heteroatoms. The van der Waals surface area contributed by atoms with Crippen molar-refractivity contribution < 1.29 is 5.48 Å². The molecule has 4 aliphatic carbocycles. The lowest BCUT2D eigenvalue weighted by Crippen LogP contribution is -2.59. The summed E-state index contributed by atoms with van der Waals surface area (Å²) in [6.07, 6.45) is 16.8. The van der Waals surface area contributed by atoms with E-state index in [1.54, 1.807) is 22.3 Å². The maximum absolute atomic E-state index is 3.79. The third-order valence-corrected chi connectivity index (χ3v) is 11.1. The minimum absolute atomic E-state index is 0. The SMILES string of the molecule is O.c1ccc2c(c1)C[C@H]1NCC[C@@]23CCCC[C@@H]13.c1ccc2c(c1)C[C@H]1NCC[C@@]23CCCC[C@@H]13. The van der Waals surface area contributed by atoms with Crippen LogP contribution in [0.3, 0.4) is 0 Å². The molecule has 3 nitrogen and oxygen atoms in total. The molecule has 0 aromatic heterocycles. The molecule has 2 aromatic carbocycles. The molecule has 4 N–H and O–H groups in total. The lowest BCUT2D eigenvalue weighted by Gasteiger charge is -2.56. The molecule has 35 heavy (non-hydrogen) atoms. The second-order valence-corrected chi connectivity index (χ2v) is 12.4. The monoisotopic (exact) mass is 472 g/mol. The molecule has 0 amide bonds. The predicted molar refractivity (Wildman–Crippen MR) is 144 cm³/mol. The van der Waals surface area contributed by atoms with E-state index >= 15 is 0 Å². The number of fused-ring (bicyclic) bond motifs is 2. The molecule has 2 saturated carbocycles. The zero-order valence-electron chi connectivity index (χ0n) is 21.3. The standard InChI is InChI=1S/2C16H21N.H2O/c2*1-2-6-13-12(5-1)11-15-14-7-3-4-8-16(13,14)9-10-17-15;/h2*1-2,5-6,14-15,17H,3-4,7-11H2;1H2/t2*14-,15+,16-;/m00./s1. The van der Waals surface area contributed by atoms with Gasteiger partial charge in [-0.1, -0.05) is 74.2 Å². The third-order valence-electron chi connectivity index (χ3n) is 11.1. The highest BCUT2D eigenvalue weighted by molar-refractivity contribution is 5.42. The number of rotatable bonds is 0. The summed E-state index contributed by atoms with van der Waals surface area (Å²) in [6.45, 7) is 2.46. The average Bonchev–Trinajstić information content (AvgIpc) is 2.89. The van der Waals surface area contributed by atoms with Gasteiger partial charge in [-0.05, 0) is 98.5 Å². The molecule has 4 bridgehead atoms. The summed E-state index contributed by atoms with van der Waals surface area (Å²) >= 11 is 0. The van der Waals surface area contributed by atoms with Crippen molar-refractivity contribution in [1.82, 2.24) is 10.6 Å². The summed E-state index contributed by atoms with van der Waals surface area (Å²) in [7, 11) is 0. The molecule has 2 aliphatic heterocycles. The Balaban J connectivity index is 0.000000127. The summed E-state index contributed by atoms with van der Waals surface area (Å²) < 4.78 is 0. The van der Waals surface area contributed by atoms with Gasteiger partial charge in [0.05, 0.1) is 0 Å². The van der Waals surface area contributed by atoms with Gasteiger partial charge in [0.2, 0.25) is 0 Å². The third kappa shape index (κ3) is 3.64. The first kappa shape index (κ1) is 23.7. The van der Waals surface area contributed by atoms with Gasteiger partial charge in [-0.25, -0.2) is 0 Å². The van der Waals surface area contributed by atoms with Crippen LogP contribution in [0.4, 0.5) is 0 Å². The van der Waals surface area contributed by atoms with Crippen LogP contribution in [0.1, 0.15) is 86.5 Å². The highest BCUT2D eigenvalue weighted by Crippen LogP contribution is 2.54. The molecule has 0 unspecified atom stereocenters.